The monoisotopic (exact) mass is 439 g/mol. The summed E-state index contributed by atoms with van der Waals surface area (Å²) < 4.78 is 14.2. The van der Waals surface area contributed by atoms with E-state index in [0.29, 0.717) is 12.5 Å². The first-order chi connectivity index (χ1) is 15.2. The zero-order valence-corrected chi connectivity index (χ0v) is 20.3. The van der Waals surface area contributed by atoms with Crippen molar-refractivity contribution in [1.29, 1.82) is 0 Å². The molecule has 0 radical (unpaired) electrons. The number of benzene rings is 1. The number of aromatic amines is 1. The van der Waals surface area contributed by atoms with Gasteiger partial charge in [-0.25, -0.2) is 0 Å². The molecule has 1 saturated heterocycles. The van der Waals surface area contributed by atoms with Crippen molar-refractivity contribution in [2.24, 2.45) is 5.92 Å². The minimum absolute atomic E-state index is 0.155. The normalized spacial score (nSPS) is 21.9. The molecule has 7 heteroatoms. The van der Waals surface area contributed by atoms with Gasteiger partial charge in [-0.2, -0.15) is 0 Å². The zero-order valence-electron chi connectivity index (χ0n) is 20.3. The molecule has 0 bridgehead atoms. The molecule has 1 N–H and O–H groups in total. The van der Waals surface area contributed by atoms with E-state index in [0.717, 1.165) is 48.8 Å². The molecule has 7 nitrogen and oxygen atoms in total. The molecule has 3 aromatic rings. The molecular weight excluding hydrogens is 402 g/mol. The zero-order chi connectivity index (χ0) is 22.9. The quantitative estimate of drug-likeness (QED) is 0.568. The molecule has 174 valence electrons. The number of likely N-dealkylation sites (N-methyl/N-ethyl adjacent to an activating group) is 1. The van der Waals surface area contributed by atoms with Crippen LogP contribution >= 0.6 is 0 Å². The summed E-state index contributed by atoms with van der Waals surface area (Å²) in [7, 11) is 2.07. The number of H-pyrrole nitrogens is 1. The average molecular weight is 440 g/mol. The van der Waals surface area contributed by atoms with Crippen LogP contribution in [0.1, 0.15) is 47.5 Å². The number of aromatic nitrogens is 4. The van der Waals surface area contributed by atoms with E-state index in [1.165, 1.54) is 5.39 Å². The second-order valence-corrected chi connectivity index (χ2v) is 10.2. The van der Waals surface area contributed by atoms with Gasteiger partial charge in [0, 0.05) is 42.8 Å². The highest BCUT2D eigenvalue weighted by Gasteiger charge is 2.28. The van der Waals surface area contributed by atoms with Crippen LogP contribution in [0.4, 0.5) is 5.95 Å². The van der Waals surface area contributed by atoms with Crippen LogP contribution in [0.5, 0.6) is 0 Å². The lowest BCUT2D eigenvalue weighted by Crippen LogP contribution is -2.33. The fourth-order valence-electron chi connectivity index (χ4n) is 4.74. The molecule has 3 heterocycles. The summed E-state index contributed by atoms with van der Waals surface area (Å²) >= 11 is 0. The molecule has 1 fully saturated rings. The molecule has 0 aliphatic carbocycles. The number of rotatable bonds is 7. The van der Waals surface area contributed by atoms with Gasteiger partial charge in [0.2, 0.25) is 5.95 Å². The minimum atomic E-state index is -0.155. The number of nitrogens with one attached hydrogen (secondary N) is 1. The lowest BCUT2D eigenvalue weighted by atomic mass is 9.92. The van der Waals surface area contributed by atoms with Gasteiger partial charge in [0.1, 0.15) is 0 Å². The van der Waals surface area contributed by atoms with Crippen LogP contribution in [-0.4, -0.2) is 57.8 Å². The highest BCUT2D eigenvalue weighted by molar-refractivity contribution is 5.93. The Kier molecular flexibility index (Phi) is 6.58. The highest BCUT2D eigenvalue weighted by atomic mass is 16.5. The predicted octanol–water partition coefficient (Wildman–Crippen LogP) is 4.88. The topological polar surface area (TPSA) is 68.2 Å². The Morgan fingerprint density at radius 1 is 1.16 bits per heavy atom. The number of nitrogens with zero attached hydrogens (tertiary/aromatic N) is 4. The molecule has 2 aromatic heterocycles. The van der Waals surface area contributed by atoms with Crippen molar-refractivity contribution in [2.45, 2.75) is 71.8 Å². The van der Waals surface area contributed by atoms with Crippen LogP contribution in [0.2, 0.25) is 0 Å². The minimum Gasteiger partial charge on any atom is -0.376 e. The van der Waals surface area contributed by atoms with E-state index in [2.05, 4.69) is 84.5 Å². The van der Waals surface area contributed by atoms with Gasteiger partial charge < -0.3 is 19.4 Å². The molecule has 4 rings (SSSR count). The Labute approximate surface area is 191 Å². The Hall–Kier alpha value is -2.38. The van der Waals surface area contributed by atoms with E-state index in [-0.39, 0.29) is 17.8 Å². The van der Waals surface area contributed by atoms with Gasteiger partial charge >= 0.3 is 0 Å². The summed E-state index contributed by atoms with van der Waals surface area (Å²) in [5, 5.41) is 10.5. The SMILES string of the molecule is CC1CC(Cn2c(-c3c[nH]c4ccccc34)nnc2N(C)CCOC(C)(C)C)CC(C)O1. The second-order valence-electron chi connectivity index (χ2n) is 10.2. The molecule has 1 aromatic carbocycles. The van der Waals surface area contributed by atoms with Crippen molar-refractivity contribution in [1.82, 2.24) is 19.7 Å². The van der Waals surface area contributed by atoms with E-state index in [1.807, 2.05) is 12.3 Å². The summed E-state index contributed by atoms with van der Waals surface area (Å²) in [4.78, 5) is 5.54. The van der Waals surface area contributed by atoms with Gasteiger partial charge in [0.25, 0.3) is 0 Å². The number of fused-ring (bicyclic) bond motifs is 1. The smallest absolute Gasteiger partial charge is 0.227 e. The van der Waals surface area contributed by atoms with E-state index in [9.17, 15) is 0 Å². The molecule has 0 saturated carbocycles. The van der Waals surface area contributed by atoms with Crippen molar-refractivity contribution in [3.05, 3.63) is 30.5 Å². The third kappa shape index (κ3) is 5.15. The molecule has 1 aliphatic heterocycles. The van der Waals surface area contributed by atoms with Crippen molar-refractivity contribution in [3.8, 4) is 11.4 Å². The van der Waals surface area contributed by atoms with Gasteiger partial charge in [-0.05, 0) is 59.4 Å². The van der Waals surface area contributed by atoms with Gasteiger partial charge in [0.15, 0.2) is 5.82 Å². The largest absolute Gasteiger partial charge is 0.376 e. The second kappa shape index (κ2) is 9.24. The first-order valence-electron chi connectivity index (χ1n) is 11.7. The van der Waals surface area contributed by atoms with Gasteiger partial charge in [-0.1, -0.05) is 18.2 Å². The maximum absolute atomic E-state index is 5.99. The van der Waals surface area contributed by atoms with Crippen molar-refractivity contribution in [2.75, 3.05) is 25.1 Å². The molecule has 32 heavy (non-hydrogen) atoms. The molecule has 2 unspecified atom stereocenters. The third-order valence-corrected chi connectivity index (χ3v) is 6.10. The van der Waals surface area contributed by atoms with Gasteiger partial charge in [-0.15, -0.1) is 10.2 Å². The summed E-state index contributed by atoms with van der Waals surface area (Å²) in [6, 6.07) is 8.35. The molecule has 2 atom stereocenters. The maximum Gasteiger partial charge on any atom is 0.227 e. The standard InChI is InChI=1S/C25H37N5O2/c1-17-13-19(14-18(2)32-17)16-30-23(21-15-26-22-10-8-7-9-20(21)22)27-28-24(30)29(6)11-12-31-25(3,4)5/h7-10,15,17-19,26H,11-14,16H2,1-6H3. The predicted molar refractivity (Wildman–Crippen MR) is 129 cm³/mol. The fraction of sp³-hybridized carbons (Fsp3) is 0.600. The molecule has 1 aliphatic rings. The van der Waals surface area contributed by atoms with Crippen molar-refractivity contribution in [3.63, 3.8) is 0 Å². The van der Waals surface area contributed by atoms with Gasteiger partial charge in [0.05, 0.1) is 24.4 Å². The maximum atomic E-state index is 5.99. The number of hydrogen-bond donors (Lipinski definition) is 1. The first kappa shape index (κ1) is 22.8. The van der Waals surface area contributed by atoms with Crippen LogP contribution in [-0.2, 0) is 16.0 Å². The Balaban J connectivity index is 1.65. The summed E-state index contributed by atoms with van der Waals surface area (Å²) in [5.41, 5.74) is 2.05. The van der Waals surface area contributed by atoms with E-state index in [1.54, 1.807) is 0 Å². The summed E-state index contributed by atoms with van der Waals surface area (Å²) in [5.74, 6) is 2.31. The third-order valence-electron chi connectivity index (χ3n) is 6.10. The van der Waals surface area contributed by atoms with E-state index < -0.39 is 0 Å². The van der Waals surface area contributed by atoms with Crippen molar-refractivity contribution >= 4 is 16.9 Å². The van der Waals surface area contributed by atoms with Crippen LogP contribution in [0.25, 0.3) is 22.3 Å². The fourth-order valence-corrected chi connectivity index (χ4v) is 4.74. The Bertz CT molecular complexity index is 1020. The first-order valence-corrected chi connectivity index (χ1v) is 11.7. The molecule has 0 spiro atoms. The Morgan fingerprint density at radius 2 is 1.88 bits per heavy atom. The van der Waals surface area contributed by atoms with Crippen LogP contribution in [0.3, 0.4) is 0 Å². The van der Waals surface area contributed by atoms with Crippen LogP contribution in [0, 0.1) is 5.92 Å². The van der Waals surface area contributed by atoms with Crippen LogP contribution in [0.15, 0.2) is 30.5 Å². The number of ether oxygens (including phenoxy) is 2. The van der Waals surface area contributed by atoms with E-state index in [4.69, 9.17) is 9.47 Å². The molecule has 0 amide bonds. The lowest BCUT2D eigenvalue weighted by molar-refractivity contribution is -0.0547. The highest BCUT2D eigenvalue weighted by Crippen LogP contribution is 2.33. The number of anilines is 1. The summed E-state index contributed by atoms with van der Waals surface area (Å²) in [6.45, 7) is 12.9. The van der Waals surface area contributed by atoms with Gasteiger partial charge in [-0.3, -0.25) is 4.57 Å². The van der Waals surface area contributed by atoms with Crippen molar-refractivity contribution < 1.29 is 9.47 Å². The Morgan fingerprint density at radius 3 is 2.59 bits per heavy atom. The molecular formula is C25H37N5O2. The lowest BCUT2D eigenvalue weighted by Gasteiger charge is -2.33. The number of para-hydroxylation sites is 1. The number of hydrogen-bond acceptors (Lipinski definition) is 5. The van der Waals surface area contributed by atoms with Crippen LogP contribution < -0.4 is 4.90 Å². The average Bonchev–Trinajstić information content (AvgIpc) is 3.30. The van der Waals surface area contributed by atoms with E-state index >= 15 is 0 Å². The summed E-state index contributed by atoms with van der Waals surface area (Å²) in [6.07, 6.45) is 4.70.